The van der Waals surface area contributed by atoms with Gasteiger partial charge in [-0.05, 0) is 46.9 Å². The SMILES string of the molecule is COC(=O)c1cn(S(=O)(=O)c2ccc(OC)c(I)c2)c2ccccc12. The van der Waals surface area contributed by atoms with Crippen LogP contribution in [0.1, 0.15) is 10.4 Å². The van der Waals surface area contributed by atoms with Crippen LogP contribution in [0.5, 0.6) is 5.75 Å². The molecule has 6 nitrogen and oxygen atoms in total. The molecule has 2 aromatic carbocycles. The highest BCUT2D eigenvalue weighted by atomic mass is 127. The van der Waals surface area contributed by atoms with E-state index in [0.29, 0.717) is 20.2 Å². The number of methoxy groups -OCH3 is 2. The van der Waals surface area contributed by atoms with E-state index in [2.05, 4.69) is 0 Å². The normalized spacial score (nSPS) is 11.5. The minimum atomic E-state index is -3.89. The van der Waals surface area contributed by atoms with E-state index in [9.17, 15) is 13.2 Å². The molecule has 25 heavy (non-hydrogen) atoms. The Morgan fingerprint density at radius 3 is 2.48 bits per heavy atom. The summed E-state index contributed by atoms with van der Waals surface area (Å²) in [7, 11) is -1.11. The Kier molecular flexibility index (Phi) is 4.74. The van der Waals surface area contributed by atoms with E-state index in [1.165, 1.54) is 32.5 Å². The van der Waals surface area contributed by atoms with Crippen LogP contribution in [-0.2, 0) is 14.8 Å². The van der Waals surface area contributed by atoms with Gasteiger partial charge in [0.05, 0.1) is 33.8 Å². The third-order valence-corrected chi connectivity index (χ3v) is 6.28. The first-order chi connectivity index (χ1) is 11.9. The number of hydrogen-bond acceptors (Lipinski definition) is 5. The molecular weight excluding hydrogens is 457 g/mol. The molecule has 0 aliphatic heterocycles. The van der Waals surface area contributed by atoms with Crippen molar-refractivity contribution < 1.29 is 22.7 Å². The predicted octanol–water partition coefficient (Wildman–Crippen LogP) is 3.28. The number of hydrogen-bond donors (Lipinski definition) is 0. The van der Waals surface area contributed by atoms with Gasteiger partial charge in [0, 0.05) is 11.6 Å². The molecule has 8 heteroatoms. The molecule has 0 saturated carbocycles. The van der Waals surface area contributed by atoms with Crippen molar-refractivity contribution in [3.05, 3.63) is 57.8 Å². The topological polar surface area (TPSA) is 74.6 Å². The van der Waals surface area contributed by atoms with Crippen molar-refractivity contribution in [2.24, 2.45) is 0 Å². The molecule has 0 atom stereocenters. The molecule has 0 spiro atoms. The van der Waals surface area contributed by atoms with Crippen molar-refractivity contribution in [3.8, 4) is 5.75 Å². The van der Waals surface area contributed by atoms with Gasteiger partial charge in [0.2, 0.25) is 0 Å². The van der Waals surface area contributed by atoms with E-state index in [1.807, 2.05) is 22.6 Å². The van der Waals surface area contributed by atoms with Crippen LogP contribution in [-0.4, -0.2) is 32.6 Å². The van der Waals surface area contributed by atoms with Gasteiger partial charge in [-0.1, -0.05) is 18.2 Å². The second kappa shape index (κ2) is 6.68. The monoisotopic (exact) mass is 471 g/mol. The number of carbonyl (C=O) groups is 1. The minimum Gasteiger partial charge on any atom is -0.496 e. The quantitative estimate of drug-likeness (QED) is 0.432. The summed E-state index contributed by atoms with van der Waals surface area (Å²) in [6.45, 7) is 0. The molecule has 3 rings (SSSR count). The number of ether oxygens (including phenoxy) is 2. The van der Waals surface area contributed by atoms with Gasteiger partial charge in [0.1, 0.15) is 5.75 Å². The van der Waals surface area contributed by atoms with Crippen LogP contribution < -0.4 is 4.74 Å². The first-order valence-electron chi connectivity index (χ1n) is 7.17. The van der Waals surface area contributed by atoms with E-state index in [1.54, 1.807) is 30.3 Å². The molecule has 1 heterocycles. The van der Waals surface area contributed by atoms with Gasteiger partial charge in [-0.2, -0.15) is 0 Å². The van der Waals surface area contributed by atoms with E-state index in [0.717, 1.165) is 3.97 Å². The highest BCUT2D eigenvalue weighted by Crippen LogP contribution is 2.29. The first-order valence-corrected chi connectivity index (χ1v) is 9.69. The van der Waals surface area contributed by atoms with Gasteiger partial charge in [0.25, 0.3) is 10.0 Å². The van der Waals surface area contributed by atoms with E-state index in [-0.39, 0.29) is 10.5 Å². The molecule has 0 unspecified atom stereocenters. The van der Waals surface area contributed by atoms with Crippen LogP contribution in [0, 0.1) is 3.57 Å². The van der Waals surface area contributed by atoms with Crippen molar-refractivity contribution in [2.75, 3.05) is 14.2 Å². The van der Waals surface area contributed by atoms with Crippen LogP contribution in [0.3, 0.4) is 0 Å². The Morgan fingerprint density at radius 2 is 1.84 bits per heavy atom. The molecule has 1 aromatic heterocycles. The van der Waals surface area contributed by atoms with Crippen LogP contribution in [0.15, 0.2) is 53.6 Å². The molecule has 0 aliphatic rings. The van der Waals surface area contributed by atoms with Crippen molar-refractivity contribution >= 4 is 49.5 Å². The smallest absolute Gasteiger partial charge is 0.340 e. The lowest BCUT2D eigenvalue weighted by Crippen LogP contribution is -2.12. The zero-order valence-corrected chi connectivity index (χ0v) is 16.4. The fraction of sp³-hybridized carbons (Fsp3) is 0.118. The number of fused-ring (bicyclic) bond motifs is 1. The van der Waals surface area contributed by atoms with E-state index in [4.69, 9.17) is 9.47 Å². The number of carbonyl (C=O) groups excluding carboxylic acids is 1. The van der Waals surface area contributed by atoms with Crippen LogP contribution in [0.25, 0.3) is 10.9 Å². The summed E-state index contributed by atoms with van der Waals surface area (Å²) in [4.78, 5) is 12.1. The lowest BCUT2D eigenvalue weighted by molar-refractivity contribution is 0.0603. The third kappa shape index (κ3) is 2.99. The summed E-state index contributed by atoms with van der Waals surface area (Å²) in [5.41, 5.74) is 0.610. The highest BCUT2D eigenvalue weighted by molar-refractivity contribution is 14.1. The lowest BCUT2D eigenvalue weighted by Gasteiger charge is -2.09. The largest absolute Gasteiger partial charge is 0.496 e. The van der Waals surface area contributed by atoms with Crippen molar-refractivity contribution in [1.29, 1.82) is 0 Å². The Morgan fingerprint density at radius 1 is 1.12 bits per heavy atom. The number of benzene rings is 2. The summed E-state index contributed by atoms with van der Waals surface area (Å²) >= 11 is 2.01. The summed E-state index contributed by atoms with van der Waals surface area (Å²) in [5, 5.41) is 0.515. The van der Waals surface area contributed by atoms with Gasteiger partial charge in [-0.3, -0.25) is 0 Å². The second-order valence-corrected chi connectivity index (χ2v) is 8.13. The molecule has 0 amide bonds. The van der Waals surface area contributed by atoms with Gasteiger partial charge in [0.15, 0.2) is 0 Å². The molecule has 3 aromatic rings. The Labute approximate surface area is 158 Å². The second-order valence-electron chi connectivity index (χ2n) is 5.15. The number of rotatable bonds is 4. The molecule has 0 aliphatic carbocycles. The summed E-state index contributed by atoms with van der Waals surface area (Å²) in [5.74, 6) is 0.00151. The van der Waals surface area contributed by atoms with Gasteiger partial charge in [-0.15, -0.1) is 0 Å². The molecule has 0 radical (unpaired) electrons. The molecule has 0 bridgehead atoms. The molecule has 0 N–H and O–H groups in total. The fourth-order valence-electron chi connectivity index (χ4n) is 2.54. The van der Waals surface area contributed by atoms with E-state index < -0.39 is 16.0 Å². The summed E-state index contributed by atoms with van der Waals surface area (Å²) < 4.78 is 37.9. The average molecular weight is 471 g/mol. The molecule has 0 fully saturated rings. The Balaban J connectivity index is 2.25. The Bertz CT molecular complexity index is 1070. The standard InChI is InChI=1S/C17H14INO5S/c1-23-16-8-7-11(9-14(16)18)25(21,22)19-10-13(17(20)24-2)12-5-3-4-6-15(12)19/h3-10H,1-2H3. The maximum absolute atomic E-state index is 13.1. The molecular formula is C17H14INO5S. The van der Waals surface area contributed by atoms with Gasteiger partial charge < -0.3 is 9.47 Å². The minimum absolute atomic E-state index is 0.106. The highest BCUT2D eigenvalue weighted by Gasteiger charge is 2.24. The van der Waals surface area contributed by atoms with Gasteiger partial charge >= 0.3 is 5.97 Å². The number of para-hydroxylation sites is 1. The summed E-state index contributed by atoms with van der Waals surface area (Å²) in [6.07, 6.45) is 1.29. The molecule has 130 valence electrons. The van der Waals surface area contributed by atoms with Gasteiger partial charge in [-0.25, -0.2) is 17.2 Å². The first kappa shape index (κ1) is 17.7. The lowest BCUT2D eigenvalue weighted by atomic mass is 10.2. The number of halogens is 1. The molecule has 0 saturated heterocycles. The zero-order valence-electron chi connectivity index (χ0n) is 13.4. The predicted molar refractivity (Wildman–Crippen MR) is 102 cm³/mol. The average Bonchev–Trinajstić information content (AvgIpc) is 3.01. The number of aromatic nitrogens is 1. The maximum Gasteiger partial charge on any atom is 0.340 e. The maximum atomic E-state index is 13.1. The van der Waals surface area contributed by atoms with Crippen molar-refractivity contribution in [1.82, 2.24) is 3.97 Å². The van der Waals surface area contributed by atoms with Crippen LogP contribution >= 0.6 is 22.6 Å². The number of esters is 1. The van der Waals surface area contributed by atoms with Crippen molar-refractivity contribution in [2.45, 2.75) is 4.90 Å². The summed E-state index contributed by atoms with van der Waals surface area (Å²) in [6, 6.07) is 11.4. The van der Waals surface area contributed by atoms with E-state index >= 15 is 0 Å². The fourth-order valence-corrected chi connectivity index (χ4v) is 4.89. The zero-order chi connectivity index (χ0) is 18.2. The van der Waals surface area contributed by atoms with Crippen LogP contribution in [0.4, 0.5) is 0 Å². The Hall–Kier alpha value is -2.07. The van der Waals surface area contributed by atoms with Crippen LogP contribution in [0.2, 0.25) is 0 Å². The number of nitrogens with zero attached hydrogens (tertiary/aromatic N) is 1. The third-order valence-electron chi connectivity index (χ3n) is 3.76. The van der Waals surface area contributed by atoms with Crippen molar-refractivity contribution in [3.63, 3.8) is 0 Å².